The molecule has 0 aliphatic heterocycles. The Morgan fingerprint density at radius 3 is 3.20 bits per heavy atom. The third-order valence-corrected chi connectivity index (χ3v) is 1.86. The van der Waals surface area contributed by atoms with Gasteiger partial charge in [0.05, 0.1) is 12.2 Å². The lowest BCUT2D eigenvalue weighted by molar-refractivity contribution is -0.119. The first-order valence-electron chi connectivity index (χ1n) is 4.33. The van der Waals surface area contributed by atoms with E-state index < -0.39 is 0 Å². The summed E-state index contributed by atoms with van der Waals surface area (Å²) in [6.45, 7) is 1.64. The first-order valence-corrected chi connectivity index (χ1v) is 4.33. The summed E-state index contributed by atoms with van der Waals surface area (Å²) in [5.41, 5.74) is 0.272. The van der Waals surface area contributed by atoms with Gasteiger partial charge in [0.1, 0.15) is 6.33 Å². The maximum absolute atomic E-state index is 11.5. The monoisotopic (exact) mass is 207 g/mol. The fourth-order valence-electron chi connectivity index (χ4n) is 1.18. The first-order chi connectivity index (χ1) is 7.16. The highest BCUT2D eigenvalue weighted by atomic mass is 16.1. The van der Waals surface area contributed by atoms with Crippen LogP contribution in [-0.4, -0.2) is 25.5 Å². The Morgan fingerprint density at radius 1 is 1.67 bits per heavy atom. The van der Waals surface area contributed by atoms with Crippen molar-refractivity contribution in [3.05, 3.63) is 28.4 Å². The summed E-state index contributed by atoms with van der Waals surface area (Å²) in [6.07, 6.45) is 1.35. The fourth-order valence-corrected chi connectivity index (χ4v) is 1.18. The van der Waals surface area contributed by atoms with Gasteiger partial charge in [-0.1, -0.05) is 0 Å². The molecule has 0 aromatic carbocycles. The largest absolute Gasteiger partial charge is 0.351 e. The highest BCUT2D eigenvalue weighted by molar-refractivity contribution is 5.72. The van der Waals surface area contributed by atoms with Crippen LogP contribution in [0.3, 0.4) is 0 Å². The highest BCUT2D eigenvalue weighted by Gasteiger charge is 2.03. The summed E-state index contributed by atoms with van der Waals surface area (Å²) in [5.74, 6) is 0.199. The van der Waals surface area contributed by atoms with Crippen molar-refractivity contribution in [3.8, 4) is 0 Å². The quantitative estimate of drug-likeness (QED) is 0.664. The lowest BCUT2D eigenvalue weighted by Crippen LogP contribution is -2.22. The molecule has 0 spiro atoms. The molecule has 0 saturated heterocycles. The average Bonchev–Trinajstić information content (AvgIpc) is 2.63. The maximum Gasteiger partial charge on any atom is 0.260 e. The average molecular weight is 207 g/mol. The summed E-state index contributed by atoms with van der Waals surface area (Å²) >= 11 is 0. The van der Waals surface area contributed by atoms with E-state index in [1.54, 1.807) is 0 Å². The number of nitrogens with one attached hydrogen (secondary N) is 2. The Morgan fingerprint density at radius 2 is 2.47 bits per heavy atom. The molecule has 7 heteroatoms. The van der Waals surface area contributed by atoms with E-state index >= 15 is 0 Å². The van der Waals surface area contributed by atoms with Gasteiger partial charge in [-0.3, -0.25) is 9.59 Å². The number of rotatable bonds is 2. The van der Waals surface area contributed by atoms with Crippen LogP contribution in [0.15, 0.2) is 17.2 Å². The van der Waals surface area contributed by atoms with Crippen LogP contribution >= 0.6 is 0 Å². The molecule has 7 nitrogen and oxygen atoms in total. The second-order valence-corrected chi connectivity index (χ2v) is 3.05. The number of hydrogen-bond donors (Lipinski definition) is 2. The molecule has 0 unspecified atom stereocenters. The Labute approximate surface area is 84.1 Å². The Kier molecular flexibility index (Phi) is 2.20. The molecule has 15 heavy (non-hydrogen) atoms. The molecule has 0 aliphatic rings. The molecule has 2 aromatic heterocycles. The Bertz CT molecular complexity index is 555. The minimum Gasteiger partial charge on any atom is -0.351 e. The van der Waals surface area contributed by atoms with Gasteiger partial charge in [0.25, 0.3) is 5.56 Å². The van der Waals surface area contributed by atoms with Crippen LogP contribution in [0.1, 0.15) is 12.6 Å². The predicted octanol–water partition coefficient (Wildman–Crippen LogP) is -0.946. The highest BCUT2D eigenvalue weighted by Crippen LogP contribution is 1.93. The van der Waals surface area contributed by atoms with E-state index in [9.17, 15) is 9.59 Å². The number of aromatic amines is 1. The van der Waals surface area contributed by atoms with Crippen molar-refractivity contribution >= 4 is 11.7 Å². The standard InChI is InChI=1S/C8H9N5O2/c1-5(14)9-3-6-2-7(15)13-4-10-12-8(13)11-6/h2,4H,3H2,1H3,(H,9,14)(H,11,12). The van der Waals surface area contributed by atoms with E-state index in [1.165, 1.54) is 23.7 Å². The normalized spacial score (nSPS) is 10.5. The first kappa shape index (κ1) is 9.38. The zero-order valence-electron chi connectivity index (χ0n) is 8.02. The van der Waals surface area contributed by atoms with Crippen LogP contribution in [0, 0.1) is 0 Å². The Hall–Kier alpha value is -2.18. The molecule has 2 N–H and O–H groups in total. The second kappa shape index (κ2) is 3.52. The number of amides is 1. The van der Waals surface area contributed by atoms with Crippen molar-refractivity contribution in [2.24, 2.45) is 0 Å². The zero-order chi connectivity index (χ0) is 10.8. The van der Waals surface area contributed by atoms with Gasteiger partial charge in [0, 0.05) is 13.0 Å². The van der Waals surface area contributed by atoms with Crippen molar-refractivity contribution in [1.29, 1.82) is 0 Å². The van der Waals surface area contributed by atoms with Crippen LogP contribution < -0.4 is 10.9 Å². The van der Waals surface area contributed by atoms with Crippen molar-refractivity contribution in [2.45, 2.75) is 13.5 Å². The summed E-state index contributed by atoms with van der Waals surface area (Å²) in [5, 5.41) is 8.83. The molecular weight excluding hydrogens is 198 g/mol. The van der Waals surface area contributed by atoms with Crippen LogP contribution in [0.4, 0.5) is 0 Å². The number of aromatic nitrogens is 4. The maximum atomic E-state index is 11.5. The minimum atomic E-state index is -0.228. The lowest BCUT2D eigenvalue weighted by atomic mass is 10.4. The van der Waals surface area contributed by atoms with Crippen molar-refractivity contribution in [1.82, 2.24) is 24.9 Å². The molecule has 0 bridgehead atoms. The van der Waals surface area contributed by atoms with Gasteiger partial charge < -0.3 is 5.32 Å². The number of hydrogen-bond acceptors (Lipinski definition) is 4. The predicted molar refractivity (Wildman–Crippen MR) is 51.1 cm³/mol. The number of fused-ring (bicyclic) bond motifs is 1. The van der Waals surface area contributed by atoms with E-state index in [0.29, 0.717) is 11.5 Å². The number of nitrogens with zero attached hydrogens (tertiary/aromatic N) is 3. The van der Waals surface area contributed by atoms with Gasteiger partial charge >= 0.3 is 0 Å². The van der Waals surface area contributed by atoms with E-state index in [2.05, 4.69) is 20.5 Å². The fraction of sp³-hybridized carbons (Fsp3) is 0.250. The molecule has 2 rings (SSSR count). The van der Waals surface area contributed by atoms with Crippen molar-refractivity contribution < 1.29 is 4.79 Å². The van der Waals surface area contributed by atoms with Crippen molar-refractivity contribution in [2.75, 3.05) is 0 Å². The molecule has 0 saturated carbocycles. The SMILES string of the molecule is CC(=O)NCc1cc(=O)n2cn[nH]c2n1. The van der Waals surface area contributed by atoms with Gasteiger partial charge in [0.2, 0.25) is 11.7 Å². The molecule has 0 atom stereocenters. The van der Waals surface area contributed by atoms with E-state index in [4.69, 9.17) is 0 Å². The number of H-pyrrole nitrogens is 1. The van der Waals surface area contributed by atoms with Gasteiger partial charge in [-0.2, -0.15) is 5.10 Å². The third-order valence-electron chi connectivity index (χ3n) is 1.86. The summed E-state index contributed by atoms with van der Waals surface area (Å²) in [6, 6.07) is 1.36. The molecule has 1 amide bonds. The number of carbonyl (C=O) groups excluding carboxylic acids is 1. The molecule has 2 aromatic rings. The van der Waals surface area contributed by atoms with Gasteiger partial charge in [0.15, 0.2) is 0 Å². The summed E-state index contributed by atoms with van der Waals surface area (Å²) < 4.78 is 1.29. The summed E-state index contributed by atoms with van der Waals surface area (Å²) in [7, 11) is 0. The topological polar surface area (TPSA) is 92.1 Å². The van der Waals surface area contributed by atoms with Gasteiger partial charge in [-0.05, 0) is 0 Å². The molecule has 0 aliphatic carbocycles. The van der Waals surface area contributed by atoms with E-state index in [1.807, 2.05) is 0 Å². The molecular formula is C8H9N5O2. The number of carbonyl (C=O) groups is 1. The third kappa shape index (κ3) is 1.85. The van der Waals surface area contributed by atoms with Crippen LogP contribution in [0.2, 0.25) is 0 Å². The molecule has 0 fully saturated rings. The zero-order valence-corrected chi connectivity index (χ0v) is 8.02. The second-order valence-electron chi connectivity index (χ2n) is 3.05. The van der Waals surface area contributed by atoms with E-state index in [0.717, 1.165) is 0 Å². The Balaban J connectivity index is 2.36. The van der Waals surface area contributed by atoms with Crippen LogP contribution in [0.5, 0.6) is 0 Å². The summed E-state index contributed by atoms with van der Waals surface area (Å²) in [4.78, 5) is 26.2. The minimum absolute atomic E-state index is 0.165. The smallest absolute Gasteiger partial charge is 0.260 e. The molecule has 78 valence electrons. The van der Waals surface area contributed by atoms with Crippen LogP contribution in [-0.2, 0) is 11.3 Å². The molecule has 0 radical (unpaired) electrons. The van der Waals surface area contributed by atoms with Crippen LogP contribution in [0.25, 0.3) is 5.78 Å². The van der Waals surface area contributed by atoms with Gasteiger partial charge in [-0.15, -0.1) is 0 Å². The molecule has 2 heterocycles. The van der Waals surface area contributed by atoms with Crippen molar-refractivity contribution in [3.63, 3.8) is 0 Å². The van der Waals surface area contributed by atoms with E-state index in [-0.39, 0.29) is 18.0 Å². The van der Waals surface area contributed by atoms with Gasteiger partial charge in [-0.25, -0.2) is 14.5 Å². The lowest BCUT2D eigenvalue weighted by Gasteiger charge is -2.00.